The lowest BCUT2D eigenvalue weighted by atomic mass is 9.57. The Hall–Kier alpha value is -4.15. The standard InChI is InChI=1S/C33H39N3O7/c1-5-12-36(13-6-2)19-9-7-8-17(14-19)20-10-11-23(37)25-21(20)15-18-16-22-27(35(3)4)29(39)26(32(34)42)31(41)33(22,43)30(40)24(18)28(25)38/h7-11,14,18,22,27,37-38,41,43H,5-6,12-13,15-16H2,1-4H3,(H2,34,42)/t18-,22-,27-,33-/m0/s1. The Bertz CT molecular complexity index is 1570. The number of aliphatic hydroxyl groups is 3. The molecule has 0 saturated heterocycles. The normalized spacial score (nSPS) is 25.0. The highest BCUT2D eigenvalue weighted by Gasteiger charge is 2.64. The van der Waals surface area contributed by atoms with Crippen molar-refractivity contribution in [2.45, 2.75) is 51.2 Å². The Balaban J connectivity index is 1.67. The van der Waals surface area contributed by atoms with E-state index in [1.54, 1.807) is 20.2 Å². The van der Waals surface area contributed by atoms with Crippen LogP contribution in [0.2, 0.25) is 0 Å². The topological polar surface area (TPSA) is 165 Å². The monoisotopic (exact) mass is 589 g/mol. The summed E-state index contributed by atoms with van der Waals surface area (Å²) >= 11 is 0. The van der Waals surface area contributed by atoms with E-state index in [1.807, 2.05) is 12.1 Å². The fourth-order valence-corrected chi connectivity index (χ4v) is 7.29. The molecule has 3 aliphatic rings. The number of phenolic OH excluding ortho intramolecular Hbond substituents is 1. The molecule has 1 saturated carbocycles. The maximum atomic E-state index is 14.1. The average molecular weight is 590 g/mol. The molecule has 2 aromatic carbocycles. The number of phenols is 1. The first-order valence-corrected chi connectivity index (χ1v) is 14.7. The number of Topliss-reactive ketones (excluding diaryl/α,β-unsaturated/α-hetero) is 2. The summed E-state index contributed by atoms with van der Waals surface area (Å²) in [5, 5.41) is 45.3. The zero-order valence-corrected chi connectivity index (χ0v) is 24.9. The maximum absolute atomic E-state index is 14.1. The smallest absolute Gasteiger partial charge is 0.255 e. The highest BCUT2D eigenvalue weighted by Crippen LogP contribution is 2.53. The third kappa shape index (κ3) is 4.60. The van der Waals surface area contributed by atoms with Crippen molar-refractivity contribution in [2.24, 2.45) is 17.6 Å². The maximum Gasteiger partial charge on any atom is 0.255 e. The zero-order valence-electron chi connectivity index (χ0n) is 24.9. The van der Waals surface area contributed by atoms with Crippen molar-refractivity contribution in [3.05, 3.63) is 64.4 Å². The highest BCUT2D eigenvalue weighted by atomic mass is 16.3. The number of aromatic hydroxyl groups is 1. The van der Waals surface area contributed by atoms with Gasteiger partial charge in [0.1, 0.15) is 22.8 Å². The summed E-state index contributed by atoms with van der Waals surface area (Å²) in [6, 6.07) is 10.2. The van der Waals surface area contributed by atoms with Crippen LogP contribution >= 0.6 is 0 Å². The first-order valence-electron chi connectivity index (χ1n) is 14.7. The molecule has 10 heteroatoms. The molecule has 5 rings (SSSR count). The summed E-state index contributed by atoms with van der Waals surface area (Å²) in [4.78, 5) is 43.4. The fraction of sp³-hybridized carbons (Fsp3) is 0.424. The van der Waals surface area contributed by atoms with Gasteiger partial charge in [-0.25, -0.2) is 0 Å². The summed E-state index contributed by atoms with van der Waals surface area (Å²) in [7, 11) is 3.16. The first-order chi connectivity index (χ1) is 20.4. The van der Waals surface area contributed by atoms with Gasteiger partial charge in [0.15, 0.2) is 11.4 Å². The Kier molecular flexibility index (Phi) is 7.87. The number of anilines is 1. The SMILES string of the molecule is CCCN(CCC)c1cccc(-c2ccc(O)c3c2C[C@H]2C[C@H]4[C@H](N(C)C)C(=O)C(C(N)=O)=C(O)[C@@]4(O)C(=O)C2=C3O)c1. The number of nitrogens with two attached hydrogens (primary N) is 1. The van der Waals surface area contributed by atoms with E-state index < -0.39 is 58.0 Å². The van der Waals surface area contributed by atoms with Crippen molar-refractivity contribution in [2.75, 3.05) is 32.1 Å². The van der Waals surface area contributed by atoms with Crippen LogP contribution < -0.4 is 10.6 Å². The predicted octanol–water partition coefficient (Wildman–Crippen LogP) is 3.26. The Morgan fingerprint density at radius 2 is 1.72 bits per heavy atom. The van der Waals surface area contributed by atoms with Gasteiger partial charge in [-0.15, -0.1) is 0 Å². The minimum atomic E-state index is -2.66. The molecular weight excluding hydrogens is 550 g/mol. The molecule has 1 fully saturated rings. The van der Waals surface area contributed by atoms with Crippen molar-refractivity contribution < 1.29 is 34.8 Å². The minimum absolute atomic E-state index is 0.0433. The number of carbonyl (C=O) groups is 3. The van der Waals surface area contributed by atoms with E-state index in [9.17, 15) is 34.8 Å². The summed E-state index contributed by atoms with van der Waals surface area (Å²) < 4.78 is 0. The Morgan fingerprint density at radius 1 is 1.05 bits per heavy atom. The zero-order chi connectivity index (χ0) is 31.4. The molecule has 1 amide bonds. The fourth-order valence-electron chi connectivity index (χ4n) is 7.29. The second-order valence-electron chi connectivity index (χ2n) is 12.0. The Morgan fingerprint density at radius 3 is 2.33 bits per heavy atom. The molecule has 6 N–H and O–H groups in total. The molecule has 3 aliphatic carbocycles. The molecule has 4 atom stereocenters. The quantitative estimate of drug-likeness (QED) is 0.291. The molecule has 0 aromatic heterocycles. The number of hydrogen-bond donors (Lipinski definition) is 5. The third-order valence-corrected chi connectivity index (χ3v) is 9.11. The van der Waals surface area contributed by atoms with Gasteiger partial charge in [-0.1, -0.05) is 32.0 Å². The van der Waals surface area contributed by atoms with Crippen molar-refractivity contribution in [3.8, 4) is 16.9 Å². The van der Waals surface area contributed by atoms with Gasteiger partial charge in [0.05, 0.1) is 11.6 Å². The number of amides is 1. The number of aliphatic hydroxyl groups excluding tert-OH is 2. The largest absolute Gasteiger partial charge is 0.508 e. The molecule has 0 aliphatic heterocycles. The third-order valence-electron chi connectivity index (χ3n) is 9.11. The minimum Gasteiger partial charge on any atom is -0.508 e. The van der Waals surface area contributed by atoms with Crippen LogP contribution in [-0.2, 0) is 20.8 Å². The summed E-state index contributed by atoms with van der Waals surface area (Å²) in [5.74, 6) is -6.63. The number of benzene rings is 2. The van der Waals surface area contributed by atoms with E-state index in [0.717, 1.165) is 42.7 Å². The van der Waals surface area contributed by atoms with E-state index >= 15 is 0 Å². The van der Waals surface area contributed by atoms with Crippen molar-refractivity contribution >= 4 is 28.9 Å². The van der Waals surface area contributed by atoms with Crippen LogP contribution in [0.1, 0.15) is 44.2 Å². The van der Waals surface area contributed by atoms with Gasteiger partial charge >= 0.3 is 0 Å². The van der Waals surface area contributed by atoms with Crippen LogP contribution in [0.4, 0.5) is 5.69 Å². The Labute approximate surface area is 250 Å². The number of hydrogen-bond acceptors (Lipinski definition) is 9. The number of nitrogens with zero attached hydrogens (tertiary/aromatic N) is 2. The number of likely N-dealkylation sites (N-methyl/N-ethyl adjacent to an activating group) is 1. The number of ketones is 2. The van der Waals surface area contributed by atoms with Crippen LogP contribution in [0.25, 0.3) is 16.9 Å². The van der Waals surface area contributed by atoms with Crippen LogP contribution in [-0.4, -0.2) is 81.6 Å². The highest BCUT2D eigenvalue weighted by molar-refractivity contribution is 6.24. The van der Waals surface area contributed by atoms with Crippen molar-refractivity contribution in [1.29, 1.82) is 0 Å². The van der Waals surface area contributed by atoms with Crippen LogP contribution in [0, 0.1) is 11.8 Å². The van der Waals surface area contributed by atoms with Gasteiger partial charge in [0.25, 0.3) is 5.91 Å². The molecule has 43 heavy (non-hydrogen) atoms. The lowest BCUT2D eigenvalue weighted by Gasteiger charge is -2.50. The molecule has 0 radical (unpaired) electrons. The molecular formula is C33H39N3O7. The lowest BCUT2D eigenvalue weighted by Crippen LogP contribution is -2.65. The number of fused-ring (bicyclic) bond motifs is 3. The van der Waals surface area contributed by atoms with Gasteiger partial charge in [0, 0.05) is 30.3 Å². The van der Waals surface area contributed by atoms with E-state index in [2.05, 4.69) is 30.9 Å². The molecule has 228 valence electrons. The number of primary amides is 1. The average Bonchev–Trinajstić information content (AvgIpc) is 2.94. The summed E-state index contributed by atoms with van der Waals surface area (Å²) in [6.07, 6.45) is 2.26. The van der Waals surface area contributed by atoms with Crippen molar-refractivity contribution in [1.82, 2.24) is 4.90 Å². The van der Waals surface area contributed by atoms with E-state index in [1.165, 1.54) is 11.0 Å². The van der Waals surface area contributed by atoms with Crippen LogP contribution in [0.15, 0.2) is 53.3 Å². The molecule has 0 spiro atoms. The number of rotatable bonds is 8. The van der Waals surface area contributed by atoms with Gasteiger partial charge in [-0.3, -0.25) is 19.3 Å². The first kappa shape index (κ1) is 30.3. The lowest BCUT2D eigenvalue weighted by molar-refractivity contribution is -0.153. The van der Waals surface area contributed by atoms with E-state index in [-0.39, 0.29) is 29.7 Å². The van der Waals surface area contributed by atoms with Gasteiger partial charge < -0.3 is 31.1 Å². The molecule has 2 aromatic rings. The number of carbonyl (C=O) groups excluding carboxylic acids is 3. The van der Waals surface area contributed by atoms with Gasteiger partial charge in [-0.2, -0.15) is 0 Å². The molecule has 0 unspecified atom stereocenters. The van der Waals surface area contributed by atoms with Gasteiger partial charge in [-0.05, 0) is 80.6 Å². The summed E-state index contributed by atoms with van der Waals surface area (Å²) in [6.45, 7) is 6.06. The molecule has 10 nitrogen and oxygen atoms in total. The molecule has 0 heterocycles. The molecule has 0 bridgehead atoms. The van der Waals surface area contributed by atoms with Crippen LogP contribution in [0.3, 0.4) is 0 Å². The van der Waals surface area contributed by atoms with Gasteiger partial charge in [0.2, 0.25) is 5.78 Å². The van der Waals surface area contributed by atoms with Crippen LogP contribution in [0.5, 0.6) is 5.75 Å². The van der Waals surface area contributed by atoms with E-state index in [0.29, 0.717) is 5.56 Å². The second-order valence-corrected chi connectivity index (χ2v) is 12.0. The van der Waals surface area contributed by atoms with E-state index in [4.69, 9.17) is 5.73 Å². The second kappa shape index (κ2) is 11.2. The predicted molar refractivity (Wildman–Crippen MR) is 162 cm³/mol. The summed E-state index contributed by atoms with van der Waals surface area (Å²) in [5.41, 5.74) is 5.19. The van der Waals surface area contributed by atoms with Crippen molar-refractivity contribution in [3.63, 3.8) is 0 Å².